The Bertz CT molecular complexity index is 333. The van der Waals surface area contributed by atoms with Gasteiger partial charge in [-0.05, 0) is 12.1 Å². The molecule has 0 saturated heterocycles. The highest BCUT2D eigenvalue weighted by molar-refractivity contribution is 9.10. The maximum atomic E-state index is 13.3. The molecule has 0 spiro atoms. The zero-order valence-corrected chi connectivity index (χ0v) is 9.77. The molecule has 1 N–H and O–H groups in total. The van der Waals surface area contributed by atoms with Gasteiger partial charge in [0.15, 0.2) is 11.6 Å². The number of aliphatic hydroxyl groups excluding tert-OH is 1. The lowest BCUT2D eigenvalue weighted by atomic mass is 10.1. The van der Waals surface area contributed by atoms with Crippen LogP contribution in [0, 0.1) is 5.82 Å². The van der Waals surface area contributed by atoms with Crippen LogP contribution in [0.25, 0.3) is 0 Å². The summed E-state index contributed by atoms with van der Waals surface area (Å²) >= 11 is 8.60. The monoisotopic (exact) mass is 282 g/mol. The molecule has 78 valence electrons. The van der Waals surface area contributed by atoms with Gasteiger partial charge >= 0.3 is 0 Å². The van der Waals surface area contributed by atoms with Crippen molar-refractivity contribution in [3.05, 3.63) is 28.0 Å². The largest absolute Gasteiger partial charge is 0.493 e. The smallest absolute Gasteiger partial charge is 0.166 e. The number of hydrogen-bond donors (Lipinski definition) is 1. The number of methoxy groups -OCH3 is 1. The summed E-state index contributed by atoms with van der Waals surface area (Å²) in [7, 11) is 1.34. The first kappa shape index (κ1) is 11.8. The van der Waals surface area contributed by atoms with Crippen molar-refractivity contribution in [1.29, 1.82) is 0 Å². The SMILES string of the molecule is COc1c(F)cc(Br)cc1C(O)CCl. The Hall–Kier alpha value is -0.320. The third-order valence-electron chi connectivity index (χ3n) is 1.75. The van der Waals surface area contributed by atoms with Crippen molar-refractivity contribution in [3.63, 3.8) is 0 Å². The van der Waals surface area contributed by atoms with Crippen molar-refractivity contribution in [2.75, 3.05) is 13.0 Å². The molecule has 5 heteroatoms. The average Bonchev–Trinajstić information content (AvgIpc) is 2.15. The summed E-state index contributed by atoms with van der Waals surface area (Å²) in [4.78, 5) is 0. The van der Waals surface area contributed by atoms with E-state index in [9.17, 15) is 9.50 Å². The Morgan fingerprint density at radius 3 is 2.79 bits per heavy atom. The van der Waals surface area contributed by atoms with Crippen LogP contribution in [0.2, 0.25) is 0 Å². The normalized spacial score (nSPS) is 12.6. The lowest BCUT2D eigenvalue weighted by Gasteiger charge is -2.13. The predicted molar refractivity (Wildman–Crippen MR) is 56.3 cm³/mol. The van der Waals surface area contributed by atoms with Gasteiger partial charge in [0.25, 0.3) is 0 Å². The zero-order valence-electron chi connectivity index (χ0n) is 7.43. The molecular formula is C9H9BrClFO2. The number of rotatable bonds is 3. The maximum Gasteiger partial charge on any atom is 0.166 e. The summed E-state index contributed by atoms with van der Waals surface area (Å²) in [5.74, 6) is -0.505. The summed E-state index contributed by atoms with van der Waals surface area (Å²) < 4.78 is 18.7. The number of alkyl halides is 1. The molecule has 0 saturated carbocycles. The van der Waals surface area contributed by atoms with Gasteiger partial charge in [0.1, 0.15) is 0 Å². The molecule has 0 radical (unpaired) electrons. The van der Waals surface area contributed by atoms with Gasteiger partial charge in [-0.1, -0.05) is 15.9 Å². The first-order valence-corrected chi connectivity index (χ1v) is 5.19. The summed E-state index contributed by atoms with van der Waals surface area (Å²) in [6, 6.07) is 2.85. The molecule has 1 aromatic carbocycles. The Kier molecular flexibility index (Phi) is 4.16. The molecule has 1 unspecified atom stereocenters. The fourth-order valence-electron chi connectivity index (χ4n) is 1.13. The van der Waals surface area contributed by atoms with E-state index in [-0.39, 0.29) is 11.6 Å². The summed E-state index contributed by atoms with van der Waals surface area (Å²) in [6.45, 7) is 0. The highest BCUT2D eigenvalue weighted by atomic mass is 79.9. The van der Waals surface area contributed by atoms with Crippen LogP contribution in [-0.2, 0) is 0 Å². The van der Waals surface area contributed by atoms with Crippen LogP contribution in [-0.4, -0.2) is 18.1 Å². The fourth-order valence-corrected chi connectivity index (χ4v) is 1.74. The quantitative estimate of drug-likeness (QED) is 0.864. The van der Waals surface area contributed by atoms with E-state index in [1.54, 1.807) is 6.07 Å². The minimum absolute atomic E-state index is 0.00769. The van der Waals surface area contributed by atoms with Crippen molar-refractivity contribution >= 4 is 27.5 Å². The van der Waals surface area contributed by atoms with E-state index in [0.29, 0.717) is 10.0 Å². The molecule has 2 nitrogen and oxygen atoms in total. The van der Waals surface area contributed by atoms with Gasteiger partial charge in [-0.2, -0.15) is 0 Å². The highest BCUT2D eigenvalue weighted by Gasteiger charge is 2.16. The van der Waals surface area contributed by atoms with Gasteiger partial charge in [0.05, 0.1) is 19.1 Å². The van der Waals surface area contributed by atoms with Gasteiger partial charge in [0.2, 0.25) is 0 Å². The Morgan fingerprint density at radius 2 is 2.29 bits per heavy atom. The number of hydrogen-bond acceptors (Lipinski definition) is 2. The molecule has 0 aliphatic heterocycles. The third kappa shape index (κ3) is 2.38. The van der Waals surface area contributed by atoms with E-state index in [4.69, 9.17) is 16.3 Å². The first-order valence-electron chi connectivity index (χ1n) is 3.87. The molecule has 0 bridgehead atoms. The van der Waals surface area contributed by atoms with E-state index >= 15 is 0 Å². The third-order valence-corrected chi connectivity index (χ3v) is 2.50. The number of halogens is 3. The topological polar surface area (TPSA) is 29.5 Å². The van der Waals surface area contributed by atoms with Crippen LogP contribution in [0.4, 0.5) is 4.39 Å². The highest BCUT2D eigenvalue weighted by Crippen LogP contribution is 2.31. The minimum atomic E-state index is -0.932. The van der Waals surface area contributed by atoms with Crippen LogP contribution in [0.3, 0.4) is 0 Å². The average molecular weight is 284 g/mol. The molecule has 1 aromatic rings. The van der Waals surface area contributed by atoms with Crippen LogP contribution < -0.4 is 4.74 Å². The number of aliphatic hydroxyl groups is 1. The second-order valence-electron chi connectivity index (χ2n) is 2.68. The van der Waals surface area contributed by atoms with Gasteiger partial charge in [0, 0.05) is 10.0 Å². The molecule has 1 rings (SSSR count). The van der Waals surface area contributed by atoms with E-state index in [1.807, 2.05) is 0 Å². The van der Waals surface area contributed by atoms with E-state index in [2.05, 4.69) is 15.9 Å². The predicted octanol–water partition coefficient (Wildman–Crippen LogP) is 2.87. The molecule has 0 aliphatic carbocycles. The van der Waals surface area contributed by atoms with E-state index in [0.717, 1.165) is 0 Å². The maximum absolute atomic E-state index is 13.3. The standard InChI is InChI=1S/C9H9BrClFO2/c1-14-9-6(8(13)4-11)2-5(10)3-7(9)12/h2-3,8,13H,4H2,1H3. The van der Waals surface area contributed by atoms with E-state index in [1.165, 1.54) is 13.2 Å². The molecule has 0 heterocycles. The molecular weight excluding hydrogens is 274 g/mol. The Morgan fingerprint density at radius 1 is 1.64 bits per heavy atom. The Labute approximate surface area is 94.8 Å². The molecule has 0 aromatic heterocycles. The fraction of sp³-hybridized carbons (Fsp3) is 0.333. The molecule has 0 aliphatic rings. The molecule has 1 atom stereocenters. The second kappa shape index (κ2) is 4.96. The number of ether oxygens (including phenoxy) is 1. The number of benzene rings is 1. The molecule has 0 amide bonds. The van der Waals surface area contributed by atoms with Crippen molar-refractivity contribution < 1.29 is 14.2 Å². The summed E-state index contributed by atoms with van der Waals surface area (Å²) in [6.07, 6.45) is -0.932. The van der Waals surface area contributed by atoms with Gasteiger partial charge in [-0.15, -0.1) is 11.6 Å². The lowest BCUT2D eigenvalue weighted by molar-refractivity contribution is 0.196. The molecule has 0 fully saturated rings. The summed E-state index contributed by atoms with van der Waals surface area (Å²) in [5.41, 5.74) is 0.342. The first-order chi connectivity index (χ1) is 6.60. The lowest BCUT2D eigenvalue weighted by Crippen LogP contribution is -2.03. The Balaban J connectivity index is 3.24. The summed E-state index contributed by atoms with van der Waals surface area (Å²) in [5, 5.41) is 9.49. The van der Waals surface area contributed by atoms with Crippen molar-refractivity contribution in [2.24, 2.45) is 0 Å². The van der Waals surface area contributed by atoms with Crippen LogP contribution in [0.15, 0.2) is 16.6 Å². The van der Waals surface area contributed by atoms with Crippen molar-refractivity contribution in [1.82, 2.24) is 0 Å². The van der Waals surface area contributed by atoms with Crippen LogP contribution in [0.5, 0.6) is 5.75 Å². The minimum Gasteiger partial charge on any atom is -0.493 e. The molecule has 14 heavy (non-hydrogen) atoms. The van der Waals surface area contributed by atoms with Crippen LogP contribution in [0.1, 0.15) is 11.7 Å². The van der Waals surface area contributed by atoms with Crippen LogP contribution >= 0.6 is 27.5 Å². The van der Waals surface area contributed by atoms with Crippen molar-refractivity contribution in [2.45, 2.75) is 6.10 Å². The van der Waals surface area contributed by atoms with Crippen molar-refractivity contribution in [3.8, 4) is 5.75 Å². The second-order valence-corrected chi connectivity index (χ2v) is 3.90. The van der Waals surface area contributed by atoms with Gasteiger partial charge in [-0.3, -0.25) is 0 Å². The van der Waals surface area contributed by atoms with E-state index < -0.39 is 11.9 Å². The zero-order chi connectivity index (χ0) is 10.7. The van der Waals surface area contributed by atoms with Gasteiger partial charge < -0.3 is 9.84 Å². The van der Waals surface area contributed by atoms with Gasteiger partial charge in [-0.25, -0.2) is 4.39 Å².